The first-order valence-electron chi connectivity index (χ1n) is 6.26. The maximum atomic E-state index is 3.73. The van der Waals surface area contributed by atoms with Crippen molar-refractivity contribution in [2.24, 2.45) is 23.7 Å². The van der Waals surface area contributed by atoms with E-state index < -0.39 is 0 Å². The molecule has 0 bridgehead atoms. The summed E-state index contributed by atoms with van der Waals surface area (Å²) in [5.74, 6) is 2.21. The molecule has 0 heterocycles. The third-order valence-electron chi connectivity index (χ3n) is 4.43. The average molecular weight is 364 g/mol. The van der Waals surface area contributed by atoms with Crippen LogP contribution in [0.3, 0.4) is 0 Å². The predicted molar refractivity (Wildman–Crippen MR) is 82.4 cm³/mol. The van der Waals surface area contributed by atoms with Crippen molar-refractivity contribution in [3.05, 3.63) is 68.7 Å². The monoisotopic (exact) mass is 362 g/mol. The Kier molecular flexibility index (Phi) is 2.46. The van der Waals surface area contributed by atoms with Crippen LogP contribution >= 0.6 is 31.9 Å². The Hall–Kier alpha value is -0.600. The first kappa shape index (κ1) is 11.2. The lowest BCUT2D eigenvalue weighted by molar-refractivity contribution is 0.319. The summed E-state index contributed by atoms with van der Waals surface area (Å²) >= 11 is 7.46. The van der Waals surface area contributed by atoms with Gasteiger partial charge in [0.25, 0.3) is 0 Å². The van der Waals surface area contributed by atoms with Crippen molar-refractivity contribution in [3.63, 3.8) is 0 Å². The van der Waals surface area contributed by atoms with E-state index in [0.717, 1.165) is 0 Å². The highest BCUT2D eigenvalue weighted by Crippen LogP contribution is 2.54. The molecule has 0 aromatic heterocycles. The fourth-order valence-corrected chi connectivity index (χ4v) is 4.74. The van der Waals surface area contributed by atoms with E-state index in [1.54, 1.807) is 0 Å². The highest BCUT2D eigenvalue weighted by atomic mass is 79.9. The highest BCUT2D eigenvalue weighted by molar-refractivity contribution is 9.12. The Morgan fingerprint density at radius 1 is 0.667 bits per heavy atom. The van der Waals surface area contributed by atoms with E-state index in [4.69, 9.17) is 0 Å². The van der Waals surface area contributed by atoms with E-state index in [-0.39, 0.29) is 0 Å². The predicted octanol–water partition coefficient (Wildman–Crippen LogP) is 5.03. The standard InChI is InChI=1S/C16H12Br2/c17-13-8-4-10-2-6-12-14(18)7-3-9-1-5-11(13)16(10)15(9)12/h1-8,11-12,15-16H. The number of hydrogen-bond acceptors (Lipinski definition) is 0. The van der Waals surface area contributed by atoms with E-state index in [1.807, 2.05) is 0 Å². The van der Waals surface area contributed by atoms with E-state index in [9.17, 15) is 0 Å². The Balaban J connectivity index is 1.94. The van der Waals surface area contributed by atoms with Gasteiger partial charge in [0.1, 0.15) is 0 Å². The summed E-state index contributed by atoms with van der Waals surface area (Å²) in [6.07, 6.45) is 18.3. The van der Waals surface area contributed by atoms with Gasteiger partial charge in [0.05, 0.1) is 0 Å². The fraction of sp³-hybridized carbons (Fsp3) is 0.250. The minimum Gasteiger partial charge on any atom is -0.0756 e. The van der Waals surface area contributed by atoms with Gasteiger partial charge in [-0.05, 0) is 11.1 Å². The van der Waals surface area contributed by atoms with E-state index in [2.05, 4.69) is 80.5 Å². The summed E-state index contributed by atoms with van der Waals surface area (Å²) < 4.78 is 2.62. The van der Waals surface area contributed by atoms with Gasteiger partial charge in [0.2, 0.25) is 0 Å². The molecule has 0 spiro atoms. The number of rotatable bonds is 0. The molecule has 0 N–H and O–H groups in total. The van der Waals surface area contributed by atoms with Gasteiger partial charge in [-0.25, -0.2) is 0 Å². The topological polar surface area (TPSA) is 0 Å². The van der Waals surface area contributed by atoms with Crippen molar-refractivity contribution in [2.75, 3.05) is 0 Å². The zero-order chi connectivity index (χ0) is 12.3. The highest BCUT2D eigenvalue weighted by Gasteiger charge is 2.44. The van der Waals surface area contributed by atoms with Crippen molar-refractivity contribution < 1.29 is 0 Å². The molecule has 4 aliphatic rings. The summed E-state index contributed by atoms with van der Waals surface area (Å²) in [5.41, 5.74) is 2.95. The molecule has 18 heavy (non-hydrogen) atoms. The van der Waals surface area contributed by atoms with Crippen molar-refractivity contribution in [1.29, 1.82) is 0 Å². The molecule has 4 atom stereocenters. The van der Waals surface area contributed by atoms with Crippen LogP contribution in [0.2, 0.25) is 0 Å². The van der Waals surface area contributed by atoms with E-state index in [0.29, 0.717) is 23.7 Å². The SMILES string of the molecule is BrC1=CC=C2C=CC3C(Br)=CC=C4C=CC1C2C43. The van der Waals surface area contributed by atoms with Crippen molar-refractivity contribution >= 4 is 31.9 Å². The first-order valence-corrected chi connectivity index (χ1v) is 7.85. The molecule has 0 amide bonds. The number of hydrogen-bond donors (Lipinski definition) is 0. The van der Waals surface area contributed by atoms with Crippen LogP contribution in [0, 0.1) is 23.7 Å². The molecule has 0 fully saturated rings. The second-order valence-corrected chi connectivity index (χ2v) is 7.09. The van der Waals surface area contributed by atoms with E-state index in [1.165, 1.54) is 20.1 Å². The van der Waals surface area contributed by atoms with Crippen molar-refractivity contribution in [2.45, 2.75) is 0 Å². The zero-order valence-corrected chi connectivity index (χ0v) is 12.9. The van der Waals surface area contributed by atoms with Gasteiger partial charge in [-0.15, -0.1) is 0 Å². The number of halogens is 2. The van der Waals surface area contributed by atoms with Gasteiger partial charge in [-0.1, -0.05) is 80.5 Å². The summed E-state index contributed by atoms with van der Waals surface area (Å²) in [6.45, 7) is 0. The molecule has 0 saturated heterocycles. The summed E-state index contributed by atoms with van der Waals surface area (Å²) in [4.78, 5) is 0. The minimum atomic E-state index is 0.512. The molecule has 90 valence electrons. The molecular formula is C16H12Br2. The van der Waals surface area contributed by atoms with E-state index >= 15 is 0 Å². The molecule has 4 aliphatic carbocycles. The van der Waals surface area contributed by atoms with Crippen LogP contribution in [0.5, 0.6) is 0 Å². The summed E-state index contributed by atoms with van der Waals surface area (Å²) in [7, 11) is 0. The van der Waals surface area contributed by atoms with Gasteiger partial charge < -0.3 is 0 Å². The zero-order valence-electron chi connectivity index (χ0n) is 9.68. The fourth-order valence-electron chi connectivity index (χ4n) is 3.60. The molecule has 0 nitrogen and oxygen atoms in total. The molecule has 0 aromatic rings. The second-order valence-electron chi connectivity index (χ2n) is 5.26. The third kappa shape index (κ3) is 1.42. The Morgan fingerprint density at radius 3 is 1.56 bits per heavy atom. The van der Waals surface area contributed by atoms with Crippen LogP contribution in [0.1, 0.15) is 0 Å². The second kappa shape index (κ2) is 3.94. The normalized spacial score (nSPS) is 39.4. The Bertz CT molecular complexity index is 545. The molecule has 0 radical (unpaired) electrons. The van der Waals surface area contributed by atoms with Gasteiger partial charge in [-0.3, -0.25) is 0 Å². The van der Waals surface area contributed by atoms with Crippen LogP contribution in [0.4, 0.5) is 0 Å². The van der Waals surface area contributed by atoms with Crippen molar-refractivity contribution in [1.82, 2.24) is 0 Å². The Labute approximate surface area is 124 Å². The van der Waals surface area contributed by atoms with Crippen LogP contribution in [-0.4, -0.2) is 0 Å². The van der Waals surface area contributed by atoms with Gasteiger partial charge >= 0.3 is 0 Å². The van der Waals surface area contributed by atoms with Crippen LogP contribution < -0.4 is 0 Å². The lowest BCUT2D eigenvalue weighted by atomic mass is 9.60. The maximum absolute atomic E-state index is 3.73. The van der Waals surface area contributed by atoms with Crippen LogP contribution in [-0.2, 0) is 0 Å². The quantitative estimate of drug-likeness (QED) is 0.566. The molecule has 2 heteroatoms. The van der Waals surface area contributed by atoms with Crippen LogP contribution in [0.15, 0.2) is 68.7 Å². The molecule has 4 unspecified atom stereocenters. The number of allylic oxidation sites excluding steroid dienone is 12. The van der Waals surface area contributed by atoms with Gasteiger partial charge in [0.15, 0.2) is 0 Å². The average Bonchev–Trinajstić information content (AvgIpc) is 2.40. The lowest BCUT2D eigenvalue weighted by Gasteiger charge is -2.45. The molecule has 4 rings (SSSR count). The van der Waals surface area contributed by atoms with Crippen LogP contribution in [0.25, 0.3) is 0 Å². The third-order valence-corrected chi connectivity index (χ3v) is 6.02. The van der Waals surface area contributed by atoms with Gasteiger partial charge in [-0.2, -0.15) is 0 Å². The van der Waals surface area contributed by atoms with Crippen molar-refractivity contribution in [3.8, 4) is 0 Å². The smallest absolute Gasteiger partial charge is 0.0162 e. The lowest BCUT2D eigenvalue weighted by Crippen LogP contribution is -2.37. The summed E-state index contributed by atoms with van der Waals surface area (Å²) in [5, 5.41) is 0. The summed E-state index contributed by atoms with van der Waals surface area (Å²) in [6, 6.07) is 0. The molecule has 0 saturated carbocycles. The molecule has 0 aromatic carbocycles. The Morgan fingerprint density at radius 2 is 1.11 bits per heavy atom. The molecule has 0 aliphatic heterocycles. The maximum Gasteiger partial charge on any atom is 0.0162 e. The first-order chi connectivity index (χ1) is 8.75. The minimum absolute atomic E-state index is 0.512. The molecular weight excluding hydrogens is 352 g/mol. The largest absolute Gasteiger partial charge is 0.0756 e. The van der Waals surface area contributed by atoms with Gasteiger partial charge in [0, 0.05) is 32.6 Å².